The molecule has 1 aliphatic heterocycles. The Morgan fingerprint density at radius 1 is 1.10 bits per heavy atom. The molecule has 0 atom stereocenters. The molecule has 0 saturated carbocycles. The van der Waals surface area contributed by atoms with Crippen molar-refractivity contribution in [2.75, 3.05) is 23.7 Å². The molecule has 0 fully saturated rings. The molecular weight excluding hydrogens is 274 g/mol. The lowest BCUT2D eigenvalue weighted by molar-refractivity contribution is 0.278. The summed E-state index contributed by atoms with van der Waals surface area (Å²) in [6.45, 7) is 7.00. The molecule has 0 radical (unpaired) electrons. The van der Waals surface area contributed by atoms with Gasteiger partial charge in [-0.25, -0.2) is 0 Å². The standard InChI is InChI=1S/C19H31NS/c1-3-12-19(16-21,13-4-2)15-20-14-8-7-10-17-9-5-6-11-18(17)20/h5-6,9,11,21H,3-4,7-8,10,12-16H2,1-2H3. The molecule has 1 aliphatic rings. The molecule has 0 amide bonds. The molecular formula is C19H31NS. The second-order valence-electron chi connectivity index (χ2n) is 6.67. The summed E-state index contributed by atoms with van der Waals surface area (Å²) in [5, 5.41) is 0. The minimum Gasteiger partial charge on any atom is -0.371 e. The molecule has 1 aromatic rings. The van der Waals surface area contributed by atoms with Gasteiger partial charge in [-0.1, -0.05) is 44.9 Å². The van der Waals surface area contributed by atoms with Gasteiger partial charge < -0.3 is 4.90 Å². The maximum absolute atomic E-state index is 4.74. The summed E-state index contributed by atoms with van der Waals surface area (Å²) in [5.41, 5.74) is 3.40. The van der Waals surface area contributed by atoms with E-state index in [-0.39, 0.29) is 0 Å². The lowest BCUT2D eigenvalue weighted by atomic mass is 9.80. The van der Waals surface area contributed by atoms with Crippen LogP contribution in [0.4, 0.5) is 5.69 Å². The van der Waals surface area contributed by atoms with Crippen LogP contribution < -0.4 is 4.90 Å². The normalized spacial score (nSPS) is 15.7. The molecule has 0 bridgehead atoms. The third kappa shape index (κ3) is 4.18. The van der Waals surface area contributed by atoms with Gasteiger partial charge >= 0.3 is 0 Å². The van der Waals surface area contributed by atoms with Crippen molar-refractivity contribution < 1.29 is 0 Å². The second-order valence-corrected chi connectivity index (χ2v) is 6.98. The van der Waals surface area contributed by atoms with Gasteiger partial charge in [-0.2, -0.15) is 12.6 Å². The fourth-order valence-electron chi connectivity index (χ4n) is 3.89. The summed E-state index contributed by atoms with van der Waals surface area (Å²) < 4.78 is 0. The van der Waals surface area contributed by atoms with E-state index in [9.17, 15) is 0 Å². The van der Waals surface area contributed by atoms with Crippen molar-refractivity contribution in [3.05, 3.63) is 29.8 Å². The number of nitrogens with zero attached hydrogens (tertiary/aromatic N) is 1. The average Bonchev–Trinajstić information content (AvgIpc) is 2.70. The van der Waals surface area contributed by atoms with E-state index in [0.29, 0.717) is 5.41 Å². The van der Waals surface area contributed by atoms with Crippen molar-refractivity contribution >= 4 is 18.3 Å². The Morgan fingerprint density at radius 2 is 1.81 bits per heavy atom. The molecule has 1 aromatic carbocycles. The summed E-state index contributed by atoms with van der Waals surface area (Å²) in [7, 11) is 0. The van der Waals surface area contributed by atoms with E-state index in [1.165, 1.54) is 69.3 Å². The molecule has 2 rings (SSSR count). The van der Waals surface area contributed by atoms with Crippen LogP contribution in [0.1, 0.15) is 57.9 Å². The minimum atomic E-state index is 0.379. The molecule has 0 unspecified atom stereocenters. The van der Waals surface area contributed by atoms with Gasteiger partial charge in [-0.05, 0) is 54.9 Å². The maximum Gasteiger partial charge on any atom is 0.0398 e. The van der Waals surface area contributed by atoms with Gasteiger partial charge in [0.15, 0.2) is 0 Å². The number of thiol groups is 1. The zero-order valence-corrected chi connectivity index (χ0v) is 14.7. The van der Waals surface area contributed by atoms with Gasteiger partial charge in [0, 0.05) is 18.8 Å². The van der Waals surface area contributed by atoms with Crippen molar-refractivity contribution in [1.82, 2.24) is 0 Å². The first-order chi connectivity index (χ1) is 10.2. The van der Waals surface area contributed by atoms with E-state index >= 15 is 0 Å². The van der Waals surface area contributed by atoms with Crippen LogP contribution in [-0.2, 0) is 6.42 Å². The van der Waals surface area contributed by atoms with E-state index in [2.05, 4.69) is 43.0 Å². The van der Waals surface area contributed by atoms with Crippen molar-refractivity contribution in [2.45, 2.75) is 58.8 Å². The molecule has 21 heavy (non-hydrogen) atoms. The molecule has 2 heteroatoms. The van der Waals surface area contributed by atoms with Gasteiger partial charge in [-0.3, -0.25) is 0 Å². The summed E-state index contributed by atoms with van der Waals surface area (Å²) in [6.07, 6.45) is 8.98. The molecule has 0 spiro atoms. The Labute approximate surface area is 136 Å². The van der Waals surface area contributed by atoms with Crippen molar-refractivity contribution in [2.24, 2.45) is 5.41 Å². The summed E-state index contributed by atoms with van der Waals surface area (Å²) in [5.74, 6) is 1.01. The van der Waals surface area contributed by atoms with Crippen LogP contribution in [0.25, 0.3) is 0 Å². The molecule has 0 aromatic heterocycles. The monoisotopic (exact) mass is 305 g/mol. The van der Waals surface area contributed by atoms with E-state index in [1.54, 1.807) is 0 Å². The smallest absolute Gasteiger partial charge is 0.0398 e. The highest BCUT2D eigenvalue weighted by Gasteiger charge is 2.30. The first-order valence-electron chi connectivity index (χ1n) is 8.68. The first-order valence-corrected chi connectivity index (χ1v) is 9.31. The highest BCUT2D eigenvalue weighted by molar-refractivity contribution is 7.80. The van der Waals surface area contributed by atoms with E-state index in [4.69, 9.17) is 12.6 Å². The van der Waals surface area contributed by atoms with Crippen LogP contribution in [0.5, 0.6) is 0 Å². The van der Waals surface area contributed by atoms with E-state index < -0.39 is 0 Å². The molecule has 118 valence electrons. The Kier molecular flexibility index (Phi) is 6.47. The van der Waals surface area contributed by atoms with Gasteiger partial charge in [0.1, 0.15) is 0 Å². The van der Waals surface area contributed by atoms with Crippen LogP contribution in [0.15, 0.2) is 24.3 Å². The summed E-state index contributed by atoms with van der Waals surface area (Å²) in [6, 6.07) is 9.02. The summed E-state index contributed by atoms with van der Waals surface area (Å²) in [4.78, 5) is 2.66. The topological polar surface area (TPSA) is 3.24 Å². The third-order valence-corrected chi connectivity index (χ3v) is 5.55. The minimum absolute atomic E-state index is 0.379. The van der Waals surface area contributed by atoms with Crippen LogP contribution >= 0.6 is 12.6 Å². The predicted molar refractivity (Wildman–Crippen MR) is 97.7 cm³/mol. The highest BCUT2D eigenvalue weighted by Crippen LogP contribution is 2.36. The zero-order valence-electron chi connectivity index (χ0n) is 13.8. The quantitative estimate of drug-likeness (QED) is 0.665. The molecule has 1 heterocycles. The molecule has 0 N–H and O–H groups in total. The number of benzene rings is 1. The van der Waals surface area contributed by atoms with Crippen LogP contribution in [0, 0.1) is 5.41 Å². The Balaban J connectivity index is 2.23. The number of fused-ring (bicyclic) bond motifs is 1. The zero-order chi connectivity index (χ0) is 15.1. The van der Waals surface area contributed by atoms with Crippen LogP contribution in [0.3, 0.4) is 0 Å². The van der Waals surface area contributed by atoms with Crippen molar-refractivity contribution in [3.63, 3.8) is 0 Å². The number of aryl methyl sites for hydroxylation is 1. The van der Waals surface area contributed by atoms with Crippen molar-refractivity contribution in [1.29, 1.82) is 0 Å². The Hall–Kier alpha value is -0.630. The SMILES string of the molecule is CCCC(CS)(CCC)CN1CCCCc2ccccc21. The van der Waals surface area contributed by atoms with E-state index in [1.807, 2.05) is 0 Å². The second kappa shape index (κ2) is 8.12. The lowest BCUT2D eigenvalue weighted by Gasteiger charge is -2.39. The first kappa shape index (κ1) is 16.7. The van der Waals surface area contributed by atoms with Crippen LogP contribution in [-0.4, -0.2) is 18.8 Å². The predicted octanol–water partition coefficient (Wildman–Crippen LogP) is 5.35. The third-order valence-electron chi connectivity index (χ3n) is 4.88. The van der Waals surface area contributed by atoms with E-state index in [0.717, 1.165) is 5.75 Å². The molecule has 0 aliphatic carbocycles. The number of rotatable bonds is 7. The van der Waals surface area contributed by atoms with Gasteiger partial charge in [-0.15, -0.1) is 0 Å². The molecule has 0 saturated heterocycles. The maximum atomic E-state index is 4.74. The Morgan fingerprint density at radius 3 is 2.48 bits per heavy atom. The number of hydrogen-bond acceptors (Lipinski definition) is 2. The highest BCUT2D eigenvalue weighted by atomic mass is 32.1. The number of para-hydroxylation sites is 1. The lowest BCUT2D eigenvalue weighted by Crippen LogP contribution is -2.40. The number of anilines is 1. The summed E-state index contributed by atoms with van der Waals surface area (Å²) >= 11 is 4.74. The fraction of sp³-hybridized carbons (Fsp3) is 0.684. The number of hydrogen-bond donors (Lipinski definition) is 1. The Bertz CT molecular complexity index is 423. The van der Waals surface area contributed by atoms with Crippen molar-refractivity contribution in [3.8, 4) is 0 Å². The average molecular weight is 306 g/mol. The van der Waals surface area contributed by atoms with Gasteiger partial charge in [0.2, 0.25) is 0 Å². The van der Waals surface area contributed by atoms with Gasteiger partial charge in [0.05, 0.1) is 0 Å². The fourth-order valence-corrected chi connectivity index (χ4v) is 4.31. The molecule has 1 nitrogen and oxygen atoms in total. The largest absolute Gasteiger partial charge is 0.371 e. The van der Waals surface area contributed by atoms with Crippen LogP contribution in [0.2, 0.25) is 0 Å². The van der Waals surface area contributed by atoms with Gasteiger partial charge in [0.25, 0.3) is 0 Å².